The summed E-state index contributed by atoms with van der Waals surface area (Å²) in [4.78, 5) is 79.7. The van der Waals surface area contributed by atoms with Crippen molar-refractivity contribution in [2.45, 2.75) is 247 Å². The quantitative estimate of drug-likeness (QED) is 0.0552. The second kappa shape index (κ2) is 54.5. The van der Waals surface area contributed by atoms with Crippen molar-refractivity contribution in [3.8, 4) is 17.2 Å². The zero-order valence-corrected chi connectivity index (χ0v) is 73.7. The molecular weight excluding hydrogens is 1420 g/mol. The molecule has 630 valence electrons. The van der Waals surface area contributed by atoms with Gasteiger partial charge in [-0.25, -0.2) is 0 Å². The minimum Gasteiger partial charge on any atom is -0.508 e. The van der Waals surface area contributed by atoms with E-state index in [2.05, 4.69) is 204 Å². The predicted octanol–water partition coefficient (Wildman–Crippen LogP) is 23.4. The maximum atomic E-state index is 12.1. The fourth-order valence-corrected chi connectivity index (χ4v) is 17.4. The highest BCUT2D eigenvalue weighted by atomic mass is 16.4. The first-order chi connectivity index (χ1) is 53.8. The Balaban J connectivity index is 0.000000642. The van der Waals surface area contributed by atoms with Gasteiger partial charge in [-0.05, 0) is 252 Å². The molecule has 0 aromatic heterocycles. The molecule has 4 saturated carbocycles. The van der Waals surface area contributed by atoms with Gasteiger partial charge in [-0.15, -0.1) is 0 Å². The van der Waals surface area contributed by atoms with Crippen LogP contribution in [-0.4, -0.2) is 75.5 Å². The minimum absolute atomic E-state index is 0.0292. The zero-order valence-electron chi connectivity index (χ0n) is 73.7. The zero-order chi connectivity index (χ0) is 86.5. The number of rotatable bonds is 19. The van der Waals surface area contributed by atoms with Crippen LogP contribution in [0.15, 0.2) is 164 Å². The number of hydrogen-bond donors (Lipinski definition) is 4. The van der Waals surface area contributed by atoms with Gasteiger partial charge in [0.25, 0.3) is 0 Å². The molecular formula is C100H147NO13. The number of nitrogens with zero attached hydrogens (tertiary/aromatic N) is 1. The Kier molecular flexibility index (Phi) is 49.6. The van der Waals surface area contributed by atoms with Crippen LogP contribution in [0.5, 0.6) is 17.2 Å². The van der Waals surface area contributed by atoms with E-state index in [1.807, 2.05) is 92.7 Å². The summed E-state index contributed by atoms with van der Waals surface area (Å²) in [5, 5.41) is 37.4. The van der Waals surface area contributed by atoms with Crippen LogP contribution in [0.2, 0.25) is 0 Å². The van der Waals surface area contributed by atoms with Gasteiger partial charge >= 0.3 is 30.6 Å². The third-order valence-corrected chi connectivity index (χ3v) is 26.0. The average molecular weight is 1570 g/mol. The van der Waals surface area contributed by atoms with Crippen molar-refractivity contribution in [3.05, 3.63) is 197 Å². The van der Waals surface area contributed by atoms with E-state index in [9.17, 15) is 15.0 Å². The summed E-state index contributed by atoms with van der Waals surface area (Å²) in [5.41, 5.74) is 7.07. The normalized spacial score (nSPS) is 20.8. The lowest BCUT2D eigenvalue weighted by Crippen LogP contribution is -2.42. The van der Waals surface area contributed by atoms with E-state index in [0.29, 0.717) is 40.3 Å². The number of fused-ring (bicyclic) bond motifs is 6. The lowest BCUT2D eigenvalue weighted by molar-refractivity contribution is -0.193. The standard InChI is InChI=1S/C17H18O2.C13H20.C12H18O2.C12H18O.C12H18.C11H20.C10H18.C9H17N.4CO2/c1-13(2)17(16(18)19,14-9-5-3-6-10-14)15-11-7-4-8-12-15;1-11(2)13(3,4)10-12-8-6-5-7-9-12;1-8(2)9(3)6-10-4-5-11(13)12(14)7-10;1-9(2)10(3)8-11-4-6-12(13)7-5-11;1-4-12(10(2)3)11-8-6-5-7-9-11;1-8(2)11(3)7-9-4-5-10(11)6-9;1-7(2)10-6-8-3-4-9(10)5-8;1-7(2)9-6-10-4-3-8(9)5-10;4*2-1-3/h3-13H,1-2H3,(H,18,19);5-9,11H,10H2,1-4H3;4-5,7-9,13-14H,6H2,1-3H3;4-7,9-10,13H,8H2,1-3H3;5-10,12H,4H2,1-3H3;8-10H,4-7H2,1-3H3;7-10H,3-6H2,1-2H3;7-9H,3-6H2,1-2H3;;;;. The lowest BCUT2D eigenvalue weighted by atomic mass is 9.67. The number of aliphatic carboxylic acids is 1. The largest absolute Gasteiger partial charge is 0.508 e. The fraction of sp³-hybridized carbons (Fsp3) is 0.590. The minimum atomic E-state index is -0.998. The number of benzene rings is 6. The molecule has 6 aromatic carbocycles. The lowest BCUT2D eigenvalue weighted by Gasteiger charge is -2.38. The highest BCUT2D eigenvalue weighted by Crippen LogP contribution is 2.59. The molecule has 2 saturated heterocycles. The molecule has 0 radical (unpaired) electrons. The van der Waals surface area contributed by atoms with E-state index < -0.39 is 11.4 Å². The summed E-state index contributed by atoms with van der Waals surface area (Å²) in [5.74, 6) is 14.6. The van der Waals surface area contributed by atoms with Crippen LogP contribution in [0.25, 0.3) is 0 Å². The van der Waals surface area contributed by atoms with Gasteiger partial charge in [0.15, 0.2) is 11.5 Å². The molecule has 114 heavy (non-hydrogen) atoms. The van der Waals surface area contributed by atoms with Crippen molar-refractivity contribution in [1.82, 2.24) is 4.90 Å². The number of aromatic hydroxyl groups is 3. The summed E-state index contributed by atoms with van der Waals surface area (Å²) < 4.78 is 0. The third kappa shape index (κ3) is 35.4. The van der Waals surface area contributed by atoms with Gasteiger partial charge in [0, 0.05) is 13.1 Å². The molecule has 2 heterocycles. The van der Waals surface area contributed by atoms with Crippen molar-refractivity contribution in [1.29, 1.82) is 0 Å². The number of carbonyl (C=O) groups is 1. The number of phenols is 3. The van der Waals surface area contributed by atoms with Crippen molar-refractivity contribution >= 4 is 30.6 Å². The predicted molar refractivity (Wildman–Crippen MR) is 458 cm³/mol. The van der Waals surface area contributed by atoms with E-state index in [1.165, 1.54) is 80.9 Å². The van der Waals surface area contributed by atoms with Crippen LogP contribution in [0, 0.1) is 111 Å². The SMILES string of the molecule is CC(C)C(C(=O)O)(c1ccccc1)c1ccccc1.CC(C)C(C)(C)Cc1ccccc1.CC(C)C(C)Cc1ccc(O)c(O)c1.CC(C)C(C)Cc1ccc(O)cc1.CC(C)C1(C)CC2CCC1C2.CC(C)C1CC2CCC1C2.CC(C)C1CN2CCC1C2.CCC(c1ccccc1)C(C)C.O=C=O.O=C=O.O=C=O.O=C=O. The molecule has 6 aliphatic rings. The first-order valence-corrected chi connectivity index (χ1v) is 42.2. The molecule has 14 heteroatoms. The first kappa shape index (κ1) is 104. The van der Waals surface area contributed by atoms with Crippen molar-refractivity contribution in [2.24, 2.45) is 111 Å². The average Bonchev–Trinajstić information content (AvgIpc) is 1.30. The second-order valence-electron chi connectivity index (χ2n) is 36.2. The van der Waals surface area contributed by atoms with Crippen LogP contribution in [0.4, 0.5) is 0 Å². The molecule has 12 rings (SSSR count). The number of phenolic OH excluding ortho intramolecular Hbond substituents is 3. The van der Waals surface area contributed by atoms with E-state index in [1.54, 1.807) is 50.3 Å². The molecule has 6 fully saturated rings. The van der Waals surface area contributed by atoms with E-state index in [-0.39, 0.29) is 42.0 Å². The van der Waals surface area contributed by atoms with Gasteiger partial charge in [-0.2, -0.15) is 38.4 Å². The topological polar surface area (TPSA) is 238 Å². The van der Waals surface area contributed by atoms with Gasteiger partial charge in [-0.1, -0.05) is 305 Å². The van der Waals surface area contributed by atoms with Gasteiger partial charge in [0.1, 0.15) is 11.2 Å². The van der Waals surface area contributed by atoms with Crippen molar-refractivity contribution in [3.63, 3.8) is 0 Å². The van der Waals surface area contributed by atoms with Crippen LogP contribution in [0.3, 0.4) is 0 Å². The van der Waals surface area contributed by atoms with Crippen LogP contribution >= 0.6 is 0 Å². The molecule has 6 bridgehead atoms. The summed E-state index contributed by atoms with van der Waals surface area (Å²) >= 11 is 0. The fourth-order valence-electron chi connectivity index (χ4n) is 17.4. The summed E-state index contributed by atoms with van der Waals surface area (Å²) in [6, 6.07) is 53.0. The molecule has 6 aromatic rings. The van der Waals surface area contributed by atoms with Crippen LogP contribution < -0.4 is 0 Å². The van der Waals surface area contributed by atoms with Crippen LogP contribution in [0.1, 0.15) is 256 Å². The molecule has 12 unspecified atom stereocenters. The molecule has 2 aliphatic heterocycles. The van der Waals surface area contributed by atoms with Gasteiger partial charge < -0.3 is 25.3 Å². The first-order valence-electron chi connectivity index (χ1n) is 42.2. The second-order valence-corrected chi connectivity index (χ2v) is 36.2. The Morgan fingerprint density at radius 3 is 1.23 bits per heavy atom. The number of carbonyl (C=O) groups excluding carboxylic acids is 8. The van der Waals surface area contributed by atoms with E-state index >= 15 is 0 Å². The van der Waals surface area contributed by atoms with Crippen LogP contribution in [-0.2, 0) is 67.8 Å². The van der Waals surface area contributed by atoms with Gasteiger partial charge in [0.2, 0.25) is 0 Å². The highest BCUT2D eigenvalue weighted by molar-refractivity contribution is 5.86. The third-order valence-electron chi connectivity index (χ3n) is 26.0. The Labute approximate surface area is 687 Å². The Hall–Kier alpha value is -8.33. The van der Waals surface area contributed by atoms with Gasteiger partial charge in [0.05, 0.1) is 0 Å². The molecule has 0 spiro atoms. The summed E-state index contributed by atoms with van der Waals surface area (Å²) in [6.07, 6.45) is 19.3. The number of piperidine rings is 1. The molecule has 4 N–H and O–H groups in total. The molecule has 4 aliphatic carbocycles. The van der Waals surface area contributed by atoms with Crippen molar-refractivity contribution in [2.75, 3.05) is 19.6 Å². The van der Waals surface area contributed by atoms with Crippen molar-refractivity contribution < 1.29 is 63.6 Å². The Morgan fingerprint density at radius 2 is 0.921 bits per heavy atom. The summed E-state index contributed by atoms with van der Waals surface area (Å²) in [6.45, 7) is 54.3. The number of carboxylic acids is 1. The maximum absolute atomic E-state index is 12.1. The highest BCUT2D eigenvalue weighted by Gasteiger charge is 2.49. The van der Waals surface area contributed by atoms with E-state index in [4.69, 9.17) is 48.6 Å². The smallest absolute Gasteiger partial charge is 0.373 e. The molecule has 14 nitrogen and oxygen atoms in total. The molecule has 0 amide bonds. The summed E-state index contributed by atoms with van der Waals surface area (Å²) in [7, 11) is 0. The molecule has 12 atom stereocenters. The Bertz CT molecular complexity index is 3560. The number of hydrogen-bond acceptors (Lipinski definition) is 13. The number of carboxylic acid groups (broad SMARTS) is 1. The maximum Gasteiger partial charge on any atom is 0.373 e. The van der Waals surface area contributed by atoms with Gasteiger partial charge in [-0.3, -0.25) is 4.79 Å². The monoisotopic (exact) mass is 1570 g/mol. The Morgan fingerprint density at radius 1 is 0.474 bits per heavy atom. The van der Waals surface area contributed by atoms with E-state index in [0.717, 1.165) is 106 Å².